The van der Waals surface area contributed by atoms with Gasteiger partial charge in [-0.15, -0.1) is 23.1 Å². The number of hydrogen-bond donors (Lipinski definition) is 3. The Balaban J connectivity index is 2.49. The Morgan fingerprint density at radius 1 is 1.38 bits per heavy atom. The van der Waals surface area contributed by atoms with Crippen LogP contribution in [0.15, 0.2) is 4.90 Å². The van der Waals surface area contributed by atoms with Crippen molar-refractivity contribution in [1.82, 2.24) is 5.32 Å². The number of anilines is 2. The van der Waals surface area contributed by atoms with E-state index in [1.54, 1.807) is 25.9 Å². The second-order valence-electron chi connectivity index (χ2n) is 4.17. The van der Waals surface area contributed by atoms with Gasteiger partial charge in [-0.2, -0.15) is 0 Å². The van der Waals surface area contributed by atoms with E-state index in [-0.39, 0.29) is 5.91 Å². The highest BCUT2D eigenvalue weighted by atomic mass is 32.2. The molecule has 1 aromatic heterocycles. The molecule has 0 aromatic carbocycles. The Morgan fingerprint density at radius 2 is 2.14 bits per heavy atom. The fourth-order valence-electron chi connectivity index (χ4n) is 1.65. The topological polar surface area (TPSA) is 85.6 Å². The number of carbonyl (C=O) groups is 1. The molecule has 1 rings (SSSR count). The summed E-state index contributed by atoms with van der Waals surface area (Å²) >= 11 is 2.93. The van der Waals surface area contributed by atoms with Crippen molar-refractivity contribution in [1.29, 1.82) is 0 Å². The van der Waals surface area contributed by atoms with Gasteiger partial charge < -0.3 is 25.8 Å². The first-order valence-electron chi connectivity index (χ1n) is 6.64. The molecule has 1 heterocycles. The summed E-state index contributed by atoms with van der Waals surface area (Å²) in [6, 6.07) is 0. The van der Waals surface area contributed by atoms with Gasteiger partial charge in [-0.1, -0.05) is 0 Å². The third kappa shape index (κ3) is 5.39. The molecule has 0 saturated heterocycles. The molecule has 0 aliphatic heterocycles. The van der Waals surface area contributed by atoms with Gasteiger partial charge in [0.25, 0.3) is 5.91 Å². The normalized spacial score (nSPS) is 10.6. The highest BCUT2D eigenvalue weighted by molar-refractivity contribution is 7.99. The van der Waals surface area contributed by atoms with Crippen molar-refractivity contribution in [2.75, 3.05) is 57.8 Å². The first-order valence-corrected chi connectivity index (χ1v) is 8.68. The number of rotatable bonds is 10. The fraction of sp³-hybridized carbons (Fsp3) is 0.615. The molecule has 0 radical (unpaired) electrons. The minimum atomic E-state index is -0.149. The monoisotopic (exact) mass is 333 g/mol. The van der Waals surface area contributed by atoms with E-state index in [0.717, 1.165) is 22.9 Å². The quantitative estimate of drug-likeness (QED) is 0.448. The van der Waals surface area contributed by atoms with Crippen LogP contribution < -0.4 is 16.4 Å². The van der Waals surface area contributed by atoms with Crippen LogP contribution in [0.4, 0.5) is 10.7 Å². The molecule has 0 spiro atoms. The van der Waals surface area contributed by atoms with Crippen LogP contribution in [0.1, 0.15) is 16.1 Å². The van der Waals surface area contributed by atoms with Crippen molar-refractivity contribution in [3.63, 3.8) is 0 Å². The van der Waals surface area contributed by atoms with Gasteiger partial charge in [0.2, 0.25) is 0 Å². The van der Waals surface area contributed by atoms with Crippen molar-refractivity contribution >= 4 is 39.7 Å². The molecule has 0 atom stereocenters. The number of ether oxygens (including phenoxy) is 2. The van der Waals surface area contributed by atoms with E-state index in [1.807, 2.05) is 6.26 Å². The molecule has 0 aliphatic carbocycles. The maximum Gasteiger partial charge on any atom is 0.263 e. The van der Waals surface area contributed by atoms with Crippen LogP contribution in [0.25, 0.3) is 0 Å². The van der Waals surface area contributed by atoms with E-state index in [4.69, 9.17) is 15.2 Å². The highest BCUT2D eigenvalue weighted by Crippen LogP contribution is 2.41. The summed E-state index contributed by atoms with van der Waals surface area (Å²) in [5, 5.41) is 6.87. The minimum Gasteiger partial charge on any atom is -0.396 e. The summed E-state index contributed by atoms with van der Waals surface area (Å²) in [4.78, 5) is 13.2. The lowest BCUT2D eigenvalue weighted by Gasteiger charge is -2.07. The molecule has 6 nitrogen and oxygen atoms in total. The highest BCUT2D eigenvalue weighted by Gasteiger charge is 2.19. The molecule has 0 unspecified atom stereocenters. The zero-order valence-corrected chi connectivity index (χ0v) is 14.3. The van der Waals surface area contributed by atoms with Gasteiger partial charge >= 0.3 is 0 Å². The van der Waals surface area contributed by atoms with E-state index >= 15 is 0 Å². The molecule has 8 heteroatoms. The van der Waals surface area contributed by atoms with E-state index in [0.29, 0.717) is 30.4 Å². The zero-order chi connectivity index (χ0) is 15.7. The van der Waals surface area contributed by atoms with Crippen molar-refractivity contribution < 1.29 is 14.3 Å². The van der Waals surface area contributed by atoms with Crippen LogP contribution in [-0.4, -0.2) is 52.7 Å². The molecule has 1 aromatic rings. The third-order valence-corrected chi connectivity index (χ3v) is 4.84. The number of nitrogen functional groups attached to an aromatic ring is 1. The standard InChI is InChI=1S/C13H23N3O3S2/c1-15-12(17)10-9(14)11(20-3)13(21-10)16-5-4-6-19-8-7-18-2/h16H,4-8,14H2,1-3H3,(H,15,17). The second kappa shape index (κ2) is 9.88. The summed E-state index contributed by atoms with van der Waals surface area (Å²) in [6.45, 7) is 2.67. The molecule has 1 amide bonds. The van der Waals surface area contributed by atoms with Gasteiger partial charge in [0.1, 0.15) is 9.88 Å². The Kier molecular flexibility index (Phi) is 8.51. The summed E-state index contributed by atoms with van der Waals surface area (Å²) in [6.07, 6.45) is 2.83. The molecule has 0 bridgehead atoms. The van der Waals surface area contributed by atoms with Crippen LogP contribution in [0.5, 0.6) is 0 Å². The van der Waals surface area contributed by atoms with Crippen LogP contribution >= 0.6 is 23.1 Å². The average Bonchev–Trinajstić information content (AvgIpc) is 2.81. The number of nitrogens with one attached hydrogen (secondary N) is 2. The number of thiophene rings is 1. The van der Waals surface area contributed by atoms with Crippen LogP contribution in [0, 0.1) is 0 Å². The Bertz CT molecular complexity index is 452. The second-order valence-corrected chi connectivity index (χ2v) is 6.01. The minimum absolute atomic E-state index is 0.149. The van der Waals surface area contributed by atoms with Gasteiger partial charge in [0, 0.05) is 27.3 Å². The first-order chi connectivity index (χ1) is 10.2. The maximum absolute atomic E-state index is 11.7. The van der Waals surface area contributed by atoms with Crippen molar-refractivity contribution in [2.24, 2.45) is 0 Å². The predicted molar refractivity (Wildman–Crippen MR) is 89.7 cm³/mol. The summed E-state index contributed by atoms with van der Waals surface area (Å²) in [7, 11) is 3.25. The van der Waals surface area contributed by atoms with E-state index < -0.39 is 0 Å². The number of hydrogen-bond acceptors (Lipinski definition) is 7. The Labute approximate surface area is 133 Å². The summed E-state index contributed by atoms with van der Waals surface area (Å²) < 4.78 is 10.3. The van der Waals surface area contributed by atoms with E-state index in [2.05, 4.69) is 10.6 Å². The van der Waals surface area contributed by atoms with Crippen LogP contribution in [0.3, 0.4) is 0 Å². The number of nitrogens with two attached hydrogens (primary N) is 1. The van der Waals surface area contributed by atoms with Gasteiger partial charge in [0.05, 0.1) is 23.8 Å². The zero-order valence-electron chi connectivity index (χ0n) is 12.7. The largest absolute Gasteiger partial charge is 0.396 e. The van der Waals surface area contributed by atoms with E-state index in [9.17, 15) is 4.79 Å². The van der Waals surface area contributed by atoms with E-state index in [1.165, 1.54) is 11.3 Å². The van der Waals surface area contributed by atoms with Crippen molar-refractivity contribution in [3.8, 4) is 0 Å². The van der Waals surface area contributed by atoms with Gasteiger partial charge in [0.15, 0.2) is 0 Å². The SMILES string of the molecule is CNC(=O)c1sc(NCCCOCCOC)c(SC)c1N. The average molecular weight is 333 g/mol. The van der Waals surface area contributed by atoms with Gasteiger partial charge in [-0.3, -0.25) is 4.79 Å². The molecular formula is C13H23N3O3S2. The molecule has 120 valence electrons. The smallest absolute Gasteiger partial charge is 0.263 e. The number of carbonyl (C=O) groups excluding carboxylic acids is 1. The van der Waals surface area contributed by atoms with Crippen molar-refractivity contribution in [3.05, 3.63) is 4.88 Å². The fourth-order valence-corrected chi connectivity index (χ4v) is 3.66. The maximum atomic E-state index is 11.7. The number of thioether (sulfide) groups is 1. The first kappa shape index (κ1) is 18.1. The van der Waals surface area contributed by atoms with Crippen LogP contribution in [-0.2, 0) is 9.47 Å². The predicted octanol–water partition coefficient (Wildman–Crippen LogP) is 1.88. The Morgan fingerprint density at radius 3 is 2.76 bits per heavy atom. The third-order valence-electron chi connectivity index (χ3n) is 2.72. The van der Waals surface area contributed by atoms with Crippen molar-refractivity contribution in [2.45, 2.75) is 11.3 Å². The number of methoxy groups -OCH3 is 1. The molecule has 4 N–H and O–H groups in total. The summed E-state index contributed by atoms with van der Waals surface area (Å²) in [5.74, 6) is -0.149. The molecule has 0 aliphatic rings. The number of amides is 1. The molecule has 0 saturated carbocycles. The summed E-state index contributed by atoms with van der Waals surface area (Å²) in [5.41, 5.74) is 6.57. The lowest BCUT2D eigenvalue weighted by molar-refractivity contribution is 0.0705. The lowest BCUT2D eigenvalue weighted by Crippen LogP contribution is -2.17. The van der Waals surface area contributed by atoms with Crippen LogP contribution in [0.2, 0.25) is 0 Å². The lowest BCUT2D eigenvalue weighted by atomic mass is 10.3. The van der Waals surface area contributed by atoms with Gasteiger partial charge in [-0.25, -0.2) is 0 Å². The molecule has 21 heavy (non-hydrogen) atoms. The van der Waals surface area contributed by atoms with Gasteiger partial charge in [-0.05, 0) is 12.7 Å². The molecular weight excluding hydrogens is 310 g/mol. The Hall–Kier alpha value is -0.960. The molecule has 0 fully saturated rings.